The molecule has 3 amide bonds. The second-order valence-corrected chi connectivity index (χ2v) is 23.6. The van der Waals surface area contributed by atoms with E-state index in [9.17, 15) is 42.4 Å². The van der Waals surface area contributed by atoms with E-state index in [2.05, 4.69) is 35.7 Å². The maximum atomic E-state index is 13.1. The van der Waals surface area contributed by atoms with Gasteiger partial charge < -0.3 is 55.6 Å². The lowest BCUT2D eigenvalue weighted by Crippen LogP contribution is -2.38. The highest BCUT2D eigenvalue weighted by Crippen LogP contribution is 2.35. The van der Waals surface area contributed by atoms with Crippen LogP contribution < -0.4 is 46.1 Å². The molecule has 3 saturated heterocycles. The predicted molar refractivity (Wildman–Crippen MR) is 367 cm³/mol. The van der Waals surface area contributed by atoms with Gasteiger partial charge in [-0.3, -0.25) is 24.0 Å². The Labute approximate surface area is 570 Å². The summed E-state index contributed by atoms with van der Waals surface area (Å²) in [7, 11) is 0. The number of piperidine rings is 3. The van der Waals surface area contributed by atoms with E-state index in [-0.39, 0.29) is 64.4 Å². The topological polar surface area (TPSA) is 282 Å². The van der Waals surface area contributed by atoms with E-state index in [0.717, 1.165) is 33.8 Å². The zero-order valence-corrected chi connectivity index (χ0v) is 54.5. The fourth-order valence-electron chi connectivity index (χ4n) is 11.5. The number of aromatic nitrogens is 3. The Balaban J connectivity index is 0.000000161. The van der Waals surface area contributed by atoms with Gasteiger partial charge in [-0.25, -0.2) is 28.1 Å². The van der Waals surface area contributed by atoms with Crippen molar-refractivity contribution in [3.8, 4) is 74.3 Å². The van der Waals surface area contributed by atoms with E-state index in [1.165, 1.54) is 36.4 Å². The smallest absolute Gasteiger partial charge is 0.309 e. The van der Waals surface area contributed by atoms with Crippen LogP contribution >= 0.6 is 0 Å². The van der Waals surface area contributed by atoms with Crippen LogP contribution in [-0.2, 0) is 23.9 Å². The summed E-state index contributed by atoms with van der Waals surface area (Å²) in [5.74, 6) is 0.294. The molecule has 0 radical (unpaired) electrons. The van der Waals surface area contributed by atoms with E-state index in [4.69, 9.17) is 40.9 Å². The summed E-state index contributed by atoms with van der Waals surface area (Å²) in [5, 5.41) is 9.49. The highest BCUT2D eigenvalue weighted by molar-refractivity contribution is 5.93. The molecule has 99 heavy (non-hydrogen) atoms. The van der Waals surface area contributed by atoms with Crippen molar-refractivity contribution < 1.29 is 60.8 Å². The van der Waals surface area contributed by atoms with Gasteiger partial charge in [-0.15, -0.1) is 0 Å². The number of amides is 3. The number of esters is 2. The molecule has 0 saturated carbocycles. The second kappa shape index (κ2) is 33.2. The van der Waals surface area contributed by atoms with E-state index in [0.29, 0.717) is 148 Å². The first-order chi connectivity index (χ1) is 47.9. The minimum absolute atomic E-state index is 0.0772. The van der Waals surface area contributed by atoms with Crippen LogP contribution in [0.4, 0.5) is 30.2 Å². The maximum absolute atomic E-state index is 13.1. The summed E-state index contributed by atoms with van der Waals surface area (Å²) < 4.78 is 66.7. The lowest BCUT2D eigenvalue weighted by atomic mass is 9.96. The first kappa shape index (κ1) is 70.0. The third kappa shape index (κ3) is 19.2. The zero-order chi connectivity index (χ0) is 70.0. The van der Waals surface area contributed by atoms with Crippen molar-refractivity contribution in [1.29, 1.82) is 5.26 Å². The molecule has 0 aliphatic carbocycles. The first-order valence-corrected chi connectivity index (χ1v) is 32.4. The highest BCUT2D eigenvalue weighted by Gasteiger charge is 2.29. The van der Waals surface area contributed by atoms with Gasteiger partial charge in [0, 0.05) is 78.9 Å². The van der Waals surface area contributed by atoms with Crippen LogP contribution in [0.3, 0.4) is 0 Å². The molecule has 9 aromatic rings. The molecule has 3 fully saturated rings. The van der Waals surface area contributed by atoms with Crippen LogP contribution in [0.25, 0.3) is 33.8 Å². The minimum Gasteiger partial charge on any atom is -0.466 e. The SMILES string of the molecule is CCOC(=O)C1CCN(c2cc(C#N)nc(-c3ccc(Oc4ccc(F)cc4)cc3)c2)CC1.CCOC(=O)C1CCN(c2cc(C(N)=O)nc(-c3ccc(Oc4ccc(F)cc4)cc3)c2)CC1.NC(=O)c1cc(N2CCC(C(N)=O)CC2)cc(-c2ccc(Oc3ccc(F)cc3)cc2)n1. The molecule has 3 aliphatic heterocycles. The highest BCUT2D eigenvalue weighted by atomic mass is 19.1. The summed E-state index contributed by atoms with van der Waals surface area (Å²) >= 11 is 0. The number of rotatable bonds is 19. The summed E-state index contributed by atoms with van der Waals surface area (Å²) in [5.41, 5.74) is 24.0. The quantitative estimate of drug-likeness (QED) is 0.0634. The van der Waals surface area contributed by atoms with E-state index < -0.39 is 11.8 Å². The molecule has 0 bridgehead atoms. The molecule has 3 aliphatic rings. The van der Waals surface area contributed by atoms with Crippen molar-refractivity contribution in [2.45, 2.75) is 52.4 Å². The van der Waals surface area contributed by atoms with Gasteiger partial charge in [-0.2, -0.15) is 5.26 Å². The largest absolute Gasteiger partial charge is 0.466 e. The van der Waals surface area contributed by atoms with Crippen molar-refractivity contribution in [2.24, 2.45) is 35.0 Å². The fraction of sp³-hybridized carbons (Fsp3) is 0.250. The molecule has 12 rings (SSSR count). The zero-order valence-electron chi connectivity index (χ0n) is 54.5. The number of anilines is 3. The molecule has 6 aromatic carbocycles. The third-order valence-corrected chi connectivity index (χ3v) is 16.9. The standard InChI is InChI=1S/C26H26FN3O4.C26H24FN3O3.C24H23FN4O3/c1-2-33-26(32)18-11-13-30(14-12-18)20-15-23(29-24(16-20)25(28)31)17-3-7-21(8-4-17)34-22-9-5-19(27)6-10-22;1-2-32-26(31)19-11-13-30(14-12-19)22-15-21(17-28)29-25(16-22)18-3-7-23(8-4-18)33-24-9-5-20(27)6-10-24;25-17-3-7-20(8-4-17)32-19-5-1-15(2-6-19)21-13-18(14-22(28-21)24(27)31)29-11-9-16(10-12-29)23(26)30/h3-10,15-16,18H,2,11-14H2,1H3,(H2,28,31);3-10,15-16,19H,2,11-14H2,1H3;1-8,13-14,16H,9-12H2,(H2,26,30)(H2,27,31). The molecule has 0 spiro atoms. The molecule has 508 valence electrons. The van der Waals surface area contributed by atoms with Crippen molar-refractivity contribution in [3.63, 3.8) is 0 Å². The number of halogens is 3. The van der Waals surface area contributed by atoms with Crippen LogP contribution in [0.15, 0.2) is 182 Å². The first-order valence-electron chi connectivity index (χ1n) is 32.4. The van der Waals surface area contributed by atoms with Gasteiger partial charge in [0.1, 0.15) is 75.1 Å². The minimum atomic E-state index is -0.614. The van der Waals surface area contributed by atoms with Crippen LogP contribution in [-0.4, -0.2) is 97.1 Å². The monoisotopic (exact) mass is 1340 g/mol. The Kier molecular flexibility index (Phi) is 23.5. The molecule has 6 heterocycles. The number of carbonyl (C=O) groups is 5. The Morgan fingerprint density at radius 2 is 0.687 bits per heavy atom. The number of carbonyl (C=O) groups excluding carboxylic acids is 5. The van der Waals surface area contributed by atoms with Crippen LogP contribution in [0, 0.1) is 46.5 Å². The van der Waals surface area contributed by atoms with Crippen molar-refractivity contribution in [1.82, 2.24) is 15.0 Å². The molecule has 23 heteroatoms. The fourth-order valence-corrected chi connectivity index (χ4v) is 11.5. The van der Waals surface area contributed by atoms with Crippen molar-refractivity contribution >= 4 is 46.7 Å². The Bertz CT molecular complexity index is 4310. The lowest BCUT2D eigenvalue weighted by Gasteiger charge is -2.33. The molecule has 3 aromatic heterocycles. The predicted octanol–water partition coefficient (Wildman–Crippen LogP) is 13.4. The van der Waals surface area contributed by atoms with E-state index in [1.807, 2.05) is 73.7 Å². The van der Waals surface area contributed by atoms with Crippen molar-refractivity contribution in [2.75, 3.05) is 67.2 Å². The number of pyridine rings is 3. The van der Waals surface area contributed by atoms with Crippen LogP contribution in [0.1, 0.15) is 79.0 Å². The van der Waals surface area contributed by atoms with Gasteiger partial charge in [0.25, 0.3) is 11.8 Å². The summed E-state index contributed by atoms with van der Waals surface area (Å²) in [4.78, 5) is 79.0. The molecular weight excluding hydrogens is 1270 g/mol. The maximum Gasteiger partial charge on any atom is 0.309 e. The van der Waals surface area contributed by atoms with Gasteiger partial charge in [-0.1, -0.05) is 0 Å². The van der Waals surface area contributed by atoms with Crippen LogP contribution in [0.5, 0.6) is 34.5 Å². The van der Waals surface area contributed by atoms with Gasteiger partial charge in [0.2, 0.25) is 5.91 Å². The molecule has 0 unspecified atom stereocenters. The van der Waals surface area contributed by atoms with Gasteiger partial charge in [0.05, 0.1) is 42.1 Å². The van der Waals surface area contributed by atoms with E-state index in [1.54, 1.807) is 85.8 Å². The summed E-state index contributed by atoms with van der Waals surface area (Å²) in [6.07, 6.45) is 4.11. The number of ether oxygens (including phenoxy) is 5. The van der Waals surface area contributed by atoms with Gasteiger partial charge in [-0.05, 0) is 234 Å². The second-order valence-electron chi connectivity index (χ2n) is 23.6. The average molecular weight is 1340 g/mol. The Morgan fingerprint density at radius 3 is 0.960 bits per heavy atom. The molecule has 0 atom stereocenters. The molecule has 20 nitrogen and oxygen atoms in total. The lowest BCUT2D eigenvalue weighted by molar-refractivity contribution is -0.149. The van der Waals surface area contributed by atoms with Gasteiger partial charge >= 0.3 is 11.9 Å². The van der Waals surface area contributed by atoms with E-state index >= 15 is 0 Å². The summed E-state index contributed by atoms with van der Waals surface area (Å²) in [6, 6.07) is 52.2. The number of benzene rings is 6. The molecular formula is C76H73F3N10O10. The Morgan fingerprint density at radius 1 is 0.414 bits per heavy atom. The summed E-state index contributed by atoms with van der Waals surface area (Å²) in [6.45, 7) is 8.44. The number of nitriles is 1. The third-order valence-electron chi connectivity index (χ3n) is 16.9. The van der Waals surface area contributed by atoms with Crippen LogP contribution in [0.2, 0.25) is 0 Å². The number of hydrogen-bond donors (Lipinski definition) is 3. The Hall–Kier alpha value is -11.8. The van der Waals surface area contributed by atoms with Crippen molar-refractivity contribution in [3.05, 3.63) is 217 Å². The average Bonchev–Trinajstić information content (AvgIpc) is 0.901. The number of hydrogen-bond acceptors (Lipinski definition) is 17. The number of primary amides is 3. The normalized spacial score (nSPS) is 14.0. The van der Waals surface area contributed by atoms with Gasteiger partial charge in [0.15, 0.2) is 0 Å². The number of nitrogens with zero attached hydrogens (tertiary/aromatic N) is 7. The number of nitrogens with two attached hydrogens (primary N) is 3. The molecule has 6 N–H and O–H groups in total.